The first-order valence-corrected chi connectivity index (χ1v) is 7.34. The number of ether oxygens (including phenoxy) is 1. The first kappa shape index (κ1) is 13.3. The third-order valence-electron chi connectivity index (χ3n) is 3.47. The molecule has 1 aromatic carbocycles. The minimum atomic E-state index is -0.0659. The summed E-state index contributed by atoms with van der Waals surface area (Å²) >= 11 is 3.37. The van der Waals surface area contributed by atoms with Crippen molar-refractivity contribution in [1.82, 2.24) is 4.98 Å². The fourth-order valence-corrected chi connectivity index (χ4v) is 2.85. The molecule has 0 saturated heterocycles. The minimum Gasteiger partial charge on any atom is -0.493 e. The number of aromatic nitrogens is 1. The normalized spacial score (nSPS) is 17.1. The van der Waals surface area contributed by atoms with Crippen LogP contribution in [0, 0.1) is 5.92 Å². The average molecular weight is 332 g/mol. The molecule has 2 heterocycles. The molecule has 4 heteroatoms. The Morgan fingerprint density at radius 2 is 2.20 bits per heavy atom. The van der Waals surface area contributed by atoms with Crippen molar-refractivity contribution in [3.05, 3.63) is 58.3 Å². The molecule has 1 aliphatic rings. The minimum absolute atomic E-state index is 0.0659. The molecule has 3 nitrogen and oxygen atoms in total. The maximum Gasteiger partial charge on any atom is 0.144 e. The van der Waals surface area contributed by atoms with Crippen LogP contribution in [0.1, 0.15) is 11.1 Å². The lowest BCUT2D eigenvalue weighted by Gasteiger charge is -2.24. The van der Waals surface area contributed by atoms with Crippen LogP contribution in [0.3, 0.4) is 0 Å². The number of hydrogen-bond donors (Lipinski definition) is 0. The van der Waals surface area contributed by atoms with Crippen molar-refractivity contribution < 1.29 is 9.53 Å². The highest BCUT2D eigenvalue weighted by molar-refractivity contribution is 9.10. The molecule has 0 saturated carbocycles. The maximum absolute atomic E-state index is 12.4. The zero-order chi connectivity index (χ0) is 13.9. The number of ketones is 1. The summed E-state index contributed by atoms with van der Waals surface area (Å²) < 4.78 is 6.57. The largest absolute Gasteiger partial charge is 0.493 e. The van der Waals surface area contributed by atoms with E-state index in [0.29, 0.717) is 13.0 Å². The van der Waals surface area contributed by atoms with E-state index in [1.165, 1.54) is 0 Å². The van der Waals surface area contributed by atoms with Crippen molar-refractivity contribution in [3.8, 4) is 5.75 Å². The SMILES string of the molecule is O=C(Cc1cncc(Br)c1)C1COc2ccccc2C1. The van der Waals surface area contributed by atoms with Gasteiger partial charge in [-0.25, -0.2) is 0 Å². The molecule has 0 fully saturated rings. The topological polar surface area (TPSA) is 39.2 Å². The molecule has 1 atom stereocenters. The van der Waals surface area contributed by atoms with Gasteiger partial charge in [-0.3, -0.25) is 9.78 Å². The van der Waals surface area contributed by atoms with E-state index in [1.54, 1.807) is 12.4 Å². The molecular weight excluding hydrogens is 318 g/mol. The lowest BCUT2D eigenvalue weighted by atomic mass is 9.90. The second-order valence-corrected chi connectivity index (χ2v) is 5.89. The summed E-state index contributed by atoms with van der Waals surface area (Å²) in [6.45, 7) is 0.470. The van der Waals surface area contributed by atoms with Gasteiger partial charge in [0.1, 0.15) is 11.5 Å². The first-order chi connectivity index (χ1) is 9.72. The Morgan fingerprint density at radius 1 is 1.35 bits per heavy atom. The van der Waals surface area contributed by atoms with E-state index in [-0.39, 0.29) is 11.7 Å². The highest BCUT2D eigenvalue weighted by atomic mass is 79.9. The zero-order valence-corrected chi connectivity index (χ0v) is 12.5. The number of Topliss-reactive ketones (excluding diaryl/α,β-unsaturated/α-hetero) is 1. The van der Waals surface area contributed by atoms with Gasteiger partial charge in [-0.05, 0) is 45.6 Å². The number of carbonyl (C=O) groups excluding carboxylic acids is 1. The van der Waals surface area contributed by atoms with E-state index >= 15 is 0 Å². The van der Waals surface area contributed by atoms with Gasteiger partial charge >= 0.3 is 0 Å². The Bertz CT molecular complexity index is 642. The third-order valence-corrected chi connectivity index (χ3v) is 3.91. The number of halogens is 1. The summed E-state index contributed by atoms with van der Waals surface area (Å²) in [5.41, 5.74) is 2.05. The van der Waals surface area contributed by atoms with Crippen LogP contribution in [0.4, 0.5) is 0 Å². The summed E-state index contributed by atoms with van der Waals surface area (Å²) in [6, 6.07) is 9.84. The molecule has 3 rings (SSSR count). The van der Waals surface area contributed by atoms with Gasteiger partial charge in [0.05, 0.1) is 12.5 Å². The van der Waals surface area contributed by atoms with Crippen LogP contribution in [0.15, 0.2) is 47.2 Å². The van der Waals surface area contributed by atoms with Gasteiger partial charge in [0.25, 0.3) is 0 Å². The van der Waals surface area contributed by atoms with Crippen LogP contribution >= 0.6 is 15.9 Å². The summed E-state index contributed by atoms with van der Waals surface area (Å²) in [6.07, 6.45) is 4.62. The fourth-order valence-electron chi connectivity index (χ4n) is 2.43. The summed E-state index contributed by atoms with van der Waals surface area (Å²) in [5.74, 6) is 1.05. The fraction of sp³-hybridized carbons (Fsp3) is 0.250. The number of para-hydroxylation sites is 1. The Labute approximate surface area is 126 Å². The van der Waals surface area contributed by atoms with E-state index < -0.39 is 0 Å². The number of nitrogens with zero attached hydrogens (tertiary/aromatic N) is 1. The number of pyridine rings is 1. The quantitative estimate of drug-likeness (QED) is 0.866. The predicted octanol–water partition coefficient (Wildman–Crippen LogP) is 3.21. The van der Waals surface area contributed by atoms with E-state index in [9.17, 15) is 4.79 Å². The Morgan fingerprint density at radius 3 is 3.05 bits per heavy atom. The average Bonchev–Trinajstić information content (AvgIpc) is 2.47. The summed E-state index contributed by atoms with van der Waals surface area (Å²) in [4.78, 5) is 16.5. The van der Waals surface area contributed by atoms with Gasteiger partial charge in [0.2, 0.25) is 0 Å². The van der Waals surface area contributed by atoms with Crippen molar-refractivity contribution in [1.29, 1.82) is 0 Å². The number of fused-ring (bicyclic) bond motifs is 1. The standard InChI is InChI=1S/C16H14BrNO2/c17-14-5-11(8-18-9-14)6-15(19)13-7-12-3-1-2-4-16(12)20-10-13/h1-5,8-9,13H,6-7,10H2. The van der Waals surface area contributed by atoms with Gasteiger partial charge in [0.15, 0.2) is 0 Å². The van der Waals surface area contributed by atoms with Crippen LogP contribution in [0.5, 0.6) is 5.75 Å². The smallest absolute Gasteiger partial charge is 0.144 e. The molecule has 1 unspecified atom stereocenters. The molecular formula is C16H14BrNO2. The van der Waals surface area contributed by atoms with Crippen molar-refractivity contribution in [2.24, 2.45) is 5.92 Å². The highest BCUT2D eigenvalue weighted by Crippen LogP contribution is 2.27. The molecule has 0 bridgehead atoms. The molecule has 0 radical (unpaired) electrons. The van der Waals surface area contributed by atoms with Gasteiger partial charge < -0.3 is 4.74 Å². The van der Waals surface area contributed by atoms with E-state index in [1.807, 2.05) is 30.3 Å². The molecule has 0 N–H and O–H groups in total. The lowest BCUT2D eigenvalue weighted by molar-refractivity contribution is -0.123. The van der Waals surface area contributed by atoms with Crippen LogP contribution in [0.25, 0.3) is 0 Å². The molecule has 1 aliphatic heterocycles. The van der Waals surface area contributed by atoms with Crippen molar-refractivity contribution in [2.45, 2.75) is 12.8 Å². The second kappa shape index (κ2) is 5.75. The monoisotopic (exact) mass is 331 g/mol. The summed E-state index contributed by atoms with van der Waals surface area (Å²) in [5, 5.41) is 0. The highest BCUT2D eigenvalue weighted by Gasteiger charge is 2.25. The van der Waals surface area contributed by atoms with E-state index in [4.69, 9.17) is 4.74 Å². The van der Waals surface area contributed by atoms with Gasteiger partial charge in [-0.1, -0.05) is 18.2 Å². The van der Waals surface area contributed by atoms with Crippen LogP contribution in [0.2, 0.25) is 0 Å². The molecule has 2 aromatic rings. The number of benzene rings is 1. The van der Waals surface area contributed by atoms with Gasteiger partial charge in [0, 0.05) is 23.3 Å². The molecule has 0 aliphatic carbocycles. The number of rotatable bonds is 3. The molecule has 20 heavy (non-hydrogen) atoms. The maximum atomic E-state index is 12.4. The Hall–Kier alpha value is -1.68. The van der Waals surface area contributed by atoms with Crippen LogP contribution in [-0.2, 0) is 17.6 Å². The van der Waals surface area contributed by atoms with E-state index in [2.05, 4.69) is 20.9 Å². The molecule has 102 valence electrons. The number of carbonyl (C=O) groups is 1. The lowest BCUT2D eigenvalue weighted by Crippen LogP contribution is -2.29. The molecule has 0 spiro atoms. The van der Waals surface area contributed by atoms with Crippen LogP contribution in [-0.4, -0.2) is 17.4 Å². The Balaban J connectivity index is 1.70. The summed E-state index contributed by atoms with van der Waals surface area (Å²) in [7, 11) is 0. The van der Waals surface area contributed by atoms with Gasteiger partial charge in [-0.15, -0.1) is 0 Å². The van der Waals surface area contributed by atoms with Crippen LogP contribution < -0.4 is 4.74 Å². The van der Waals surface area contributed by atoms with Crippen molar-refractivity contribution >= 4 is 21.7 Å². The number of hydrogen-bond acceptors (Lipinski definition) is 3. The predicted molar refractivity (Wildman–Crippen MR) is 79.8 cm³/mol. The second-order valence-electron chi connectivity index (χ2n) is 4.97. The van der Waals surface area contributed by atoms with Gasteiger partial charge in [-0.2, -0.15) is 0 Å². The zero-order valence-electron chi connectivity index (χ0n) is 10.9. The third kappa shape index (κ3) is 2.90. The van der Waals surface area contributed by atoms with Crippen molar-refractivity contribution in [2.75, 3.05) is 6.61 Å². The van der Waals surface area contributed by atoms with E-state index in [0.717, 1.165) is 27.8 Å². The van der Waals surface area contributed by atoms with Crippen molar-refractivity contribution in [3.63, 3.8) is 0 Å². The first-order valence-electron chi connectivity index (χ1n) is 6.55. The Kier molecular flexibility index (Phi) is 3.83. The molecule has 1 aromatic heterocycles. The molecule has 0 amide bonds.